The molecule has 1 fully saturated rings. The molecule has 0 atom stereocenters. The number of hydrogen-bond donors (Lipinski definition) is 2. The average Bonchev–Trinajstić information content (AvgIpc) is 3.54. The summed E-state index contributed by atoms with van der Waals surface area (Å²) in [5.41, 5.74) is 5.53. The highest BCUT2D eigenvalue weighted by Crippen LogP contribution is 2.45. The summed E-state index contributed by atoms with van der Waals surface area (Å²) in [5, 5.41) is 18.1. The third-order valence-electron chi connectivity index (χ3n) is 9.07. The molecule has 2 N–H and O–H groups in total. The van der Waals surface area contributed by atoms with E-state index in [0.717, 1.165) is 53.2 Å². The molecular formula is C38H42FN7O4. The van der Waals surface area contributed by atoms with Crippen molar-refractivity contribution >= 4 is 29.0 Å². The van der Waals surface area contributed by atoms with Crippen LogP contribution in [0.5, 0.6) is 5.75 Å². The van der Waals surface area contributed by atoms with Crippen LogP contribution in [0.15, 0.2) is 71.6 Å². The predicted molar refractivity (Wildman–Crippen MR) is 190 cm³/mol. The summed E-state index contributed by atoms with van der Waals surface area (Å²) >= 11 is 0. The molecule has 1 aliphatic rings. The molecule has 3 heterocycles. The topological polar surface area (TPSA) is 130 Å². The standard InChI is InChI=1S/C38H42FN7O4/c1-25-9-7-10-30(26(25)2)31-14-11-28(12-16-35-42-27(3)44-50-35)36(37(31)46(38(47)48)34-17-18-40-24-41-34)43-29-13-15-33(32(39)23-29)49-22-8-21-45-19-5-4-6-20-45/h7,9-11,13-15,17-18,23-24,43H,4-6,8,12,16,19-22H2,1-3H3,(H,47,48). The number of anilines is 4. The normalized spacial score (nSPS) is 13.3. The van der Waals surface area contributed by atoms with E-state index in [9.17, 15) is 9.90 Å². The molecule has 0 aliphatic carbocycles. The Bertz CT molecular complexity index is 1930. The lowest BCUT2D eigenvalue weighted by molar-refractivity contribution is 0.203. The fourth-order valence-electron chi connectivity index (χ4n) is 6.37. The molecule has 6 rings (SSSR count). The first-order chi connectivity index (χ1) is 24.3. The number of amides is 1. The van der Waals surface area contributed by atoms with Gasteiger partial charge in [0, 0.05) is 36.5 Å². The van der Waals surface area contributed by atoms with Crippen molar-refractivity contribution in [2.24, 2.45) is 0 Å². The number of carboxylic acid groups (broad SMARTS) is 1. The van der Waals surface area contributed by atoms with Gasteiger partial charge in [-0.25, -0.2) is 24.1 Å². The summed E-state index contributed by atoms with van der Waals surface area (Å²) in [6.45, 7) is 9.32. The summed E-state index contributed by atoms with van der Waals surface area (Å²) in [6.07, 6.45) is 6.91. The molecule has 50 heavy (non-hydrogen) atoms. The summed E-state index contributed by atoms with van der Waals surface area (Å²) in [6, 6.07) is 16.0. The fourth-order valence-corrected chi connectivity index (χ4v) is 6.37. The van der Waals surface area contributed by atoms with Crippen LogP contribution in [0.2, 0.25) is 0 Å². The quantitative estimate of drug-likeness (QED) is 0.118. The maximum absolute atomic E-state index is 15.6. The summed E-state index contributed by atoms with van der Waals surface area (Å²) < 4.78 is 26.8. The smallest absolute Gasteiger partial charge is 0.417 e. The van der Waals surface area contributed by atoms with Gasteiger partial charge >= 0.3 is 6.09 Å². The number of nitrogens with zero attached hydrogens (tertiary/aromatic N) is 6. The third-order valence-corrected chi connectivity index (χ3v) is 9.07. The van der Waals surface area contributed by atoms with Crippen molar-refractivity contribution in [1.29, 1.82) is 0 Å². The minimum Gasteiger partial charge on any atom is -0.490 e. The third kappa shape index (κ3) is 8.08. The monoisotopic (exact) mass is 679 g/mol. The number of halogens is 1. The number of carbonyl (C=O) groups is 1. The van der Waals surface area contributed by atoms with E-state index in [0.29, 0.717) is 53.8 Å². The number of benzene rings is 3. The zero-order chi connectivity index (χ0) is 35.0. The van der Waals surface area contributed by atoms with Crippen molar-refractivity contribution in [1.82, 2.24) is 25.0 Å². The van der Waals surface area contributed by atoms with Crippen LogP contribution >= 0.6 is 0 Å². The molecular weight excluding hydrogens is 637 g/mol. The van der Waals surface area contributed by atoms with Gasteiger partial charge in [0.1, 0.15) is 12.1 Å². The highest BCUT2D eigenvalue weighted by molar-refractivity contribution is 6.05. The Morgan fingerprint density at radius 3 is 2.60 bits per heavy atom. The lowest BCUT2D eigenvalue weighted by Gasteiger charge is -2.28. The molecule has 0 unspecified atom stereocenters. The lowest BCUT2D eigenvalue weighted by Crippen LogP contribution is -2.31. The maximum Gasteiger partial charge on any atom is 0.417 e. The molecule has 0 bridgehead atoms. The van der Waals surface area contributed by atoms with E-state index in [1.807, 2.05) is 44.2 Å². The minimum atomic E-state index is -1.25. The van der Waals surface area contributed by atoms with Crippen LogP contribution in [0.25, 0.3) is 11.1 Å². The number of piperidine rings is 1. The van der Waals surface area contributed by atoms with E-state index in [1.54, 1.807) is 19.1 Å². The van der Waals surface area contributed by atoms with Crippen molar-refractivity contribution in [3.8, 4) is 16.9 Å². The fraction of sp³-hybridized carbons (Fsp3) is 0.342. The lowest BCUT2D eigenvalue weighted by atomic mass is 9.92. The van der Waals surface area contributed by atoms with Gasteiger partial charge in [0.25, 0.3) is 0 Å². The highest BCUT2D eigenvalue weighted by atomic mass is 19.1. The van der Waals surface area contributed by atoms with Crippen LogP contribution < -0.4 is 15.0 Å². The Hall–Kier alpha value is -5.36. The van der Waals surface area contributed by atoms with Crippen LogP contribution in [0.3, 0.4) is 0 Å². The molecule has 2 aromatic heterocycles. The van der Waals surface area contributed by atoms with Crippen molar-refractivity contribution in [3.63, 3.8) is 0 Å². The number of ether oxygens (including phenoxy) is 1. The van der Waals surface area contributed by atoms with E-state index >= 15 is 4.39 Å². The molecule has 0 radical (unpaired) electrons. The van der Waals surface area contributed by atoms with Crippen molar-refractivity contribution in [3.05, 3.63) is 101 Å². The van der Waals surface area contributed by atoms with E-state index in [1.165, 1.54) is 43.9 Å². The molecule has 5 aromatic rings. The first kappa shape index (κ1) is 34.5. The molecule has 0 saturated carbocycles. The molecule has 0 spiro atoms. The molecule has 1 saturated heterocycles. The number of hydrogen-bond acceptors (Lipinski definition) is 9. The van der Waals surface area contributed by atoms with Gasteiger partial charge in [0.05, 0.1) is 18.0 Å². The Kier molecular flexibility index (Phi) is 11.0. The van der Waals surface area contributed by atoms with Gasteiger partial charge in [-0.05, 0) is 100.0 Å². The van der Waals surface area contributed by atoms with Crippen LogP contribution in [-0.4, -0.2) is 62.4 Å². The maximum atomic E-state index is 15.6. The molecule has 260 valence electrons. The van der Waals surface area contributed by atoms with Gasteiger partial charge in [-0.1, -0.05) is 41.9 Å². The Labute approximate surface area is 291 Å². The van der Waals surface area contributed by atoms with Gasteiger partial charge in [0.15, 0.2) is 17.4 Å². The van der Waals surface area contributed by atoms with Gasteiger partial charge in [0.2, 0.25) is 5.89 Å². The van der Waals surface area contributed by atoms with Crippen molar-refractivity contribution < 1.29 is 23.6 Å². The number of likely N-dealkylation sites (tertiary alicyclic amines) is 1. The highest BCUT2D eigenvalue weighted by Gasteiger charge is 2.28. The second-order valence-electron chi connectivity index (χ2n) is 12.5. The minimum absolute atomic E-state index is 0.159. The number of aryl methyl sites for hydroxylation is 4. The van der Waals surface area contributed by atoms with Crippen LogP contribution in [0.4, 0.5) is 32.1 Å². The Morgan fingerprint density at radius 1 is 1.04 bits per heavy atom. The number of aromatic nitrogens is 4. The second kappa shape index (κ2) is 15.9. The predicted octanol–water partition coefficient (Wildman–Crippen LogP) is 8.19. The Morgan fingerprint density at radius 2 is 1.88 bits per heavy atom. The molecule has 1 amide bonds. The summed E-state index contributed by atoms with van der Waals surface area (Å²) in [5.74, 6) is 0.778. The molecule has 12 heteroatoms. The zero-order valence-electron chi connectivity index (χ0n) is 28.7. The van der Waals surface area contributed by atoms with Crippen molar-refractivity contribution in [2.45, 2.75) is 59.3 Å². The summed E-state index contributed by atoms with van der Waals surface area (Å²) in [7, 11) is 0. The largest absolute Gasteiger partial charge is 0.490 e. The summed E-state index contributed by atoms with van der Waals surface area (Å²) in [4.78, 5) is 29.4. The van der Waals surface area contributed by atoms with Crippen LogP contribution in [0, 0.1) is 26.6 Å². The van der Waals surface area contributed by atoms with Crippen LogP contribution in [0.1, 0.15) is 54.1 Å². The van der Waals surface area contributed by atoms with E-state index < -0.39 is 11.9 Å². The van der Waals surface area contributed by atoms with E-state index in [2.05, 4.69) is 30.3 Å². The van der Waals surface area contributed by atoms with Gasteiger partial charge in [-0.3, -0.25) is 0 Å². The second-order valence-corrected chi connectivity index (χ2v) is 12.5. The molecule has 1 aliphatic heterocycles. The molecule has 11 nitrogen and oxygen atoms in total. The van der Waals surface area contributed by atoms with Gasteiger partial charge < -0.3 is 24.6 Å². The SMILES string of the molecule is Cc1noc(CCc2ccc(-c3cccc(C)c3C)c(N(C(=O)O)c3ccncn3)c2Nc2ccc(OCCCN3CCCCC3)c(F)c2)n1. The average molecular weight is 680 g/mol. The number of rotatable bonds is 13. The van der Waals surface area contributed by atoms with E-state index in [4.69, 9.17) is 9.26 Å². The van der Waals surface area contributed by atoms with Gasteiger partial charge in [-0.15, -0.1) is 0 Å². The molecule has 3 aromatic carbocycles. The first-order valence-corrected chi connectivity index (χ1v) is 17.0. The van der Waals surface area contributed by atoms with Gasteiger partial charge in [-0.2, -0.15) is 4.98 Å². The van der Waals surface area contributed by atoms with Crippen molar-refractivity contribution in [2.75, 3.05) is 36.5 Å². The van der Waals surface area contributed by atoms with Crippen LogP contribution in [-0.2, 0) is 12.8 Å². The van der Waals surface area contributed by atoms with E-state index in [-0.39, 0.29) is 11.6 Å². The zero-order valence-corrected chi connectivity index (χ0v) is 28.7. The number of nitrogens with one attached hydrogen (secondary N) is 1. The Balaban J connectivity index is 1.40. The first-order valence-electron chi connectivity index (χ1n) is 17.0.